The largest absolute Gasteiger partial charge is 0.467 e. The van der Waals surface area contributed by atoms with Crippen LogP contribution in [-0.4, -0.2) is 38.3 Å². The predicted molar refractivity (Wildman–Crippen MR) is 182 cm³/mol. The highest BCUT2D eigenvalue weighted by Gasteiger charge is 2.30. The first-order valence-electron chi connectivity index (χ1n) is 16.1. The van der Waals surface area contributed by atoms with E-state index in [0.29, 0.717) is 48.7 Å². The third kappa shape index (κ3) is 11.7. The fourth-order valence-corrected chi connectivity index (χ4v) is 6.00. The maximum Gasteiger partial charge on any atom is 0.416 e. The molecule has 4 rings (SSSR count). The summed E-state index contributed by atoms with van der Waals surface area (Å²) in [5.74, 6) is 3.13. The van der Waals surface area contributed by atoms with Crippen LogP contribution in [0.1, 0.15) is 48.9 Å². The molecule has 49 heavy (non-hydrogen) atoms. The Morgan fingerprint density at radius 3 is 1.22 bits per heavy atom. The minimum absolute atomic E-state index is 0.105. The maximum absolute atomic E-state index is 13.1. The Morgan fingerprint density at radius 2 is 0.878 bits per heavy atom. The second-order valence-electron chi connectivity index (χ2n) is 11.1. The van der Waals surface area contributed by atoms with Gasteiger partial charge in [-0.2, -0.15) is 38.1 Å². The van der Waals surface area contributed by atoms with Crippen molar-refractivity contribution in [1.29, 1.82) is 0 Å². The van der Waals surface area contributed by atoms with Crippen molar-refractivity contribution in [3.63, 3.8) is 0 Å². The van der Waals surface area contributed by atoms with Crippen molar-refractivity contribution in [2.45, 2.75) is 51.9 Å². The number of alkyl halides is 6. The molecule has 0 bridgehead atoms. The second kappa shape index (κ2) is 18.4. The Hall–Kier alpha value is -3.67. The summed E-state index contributed by atoms with van der Waals surface area (Å²) < 4.78 is 101. The van der Waals surface area contributed by atoms with Gasteiger partial charge < -0.3 is 18.9 Å². The van der Waals surface area contributed by atoms with E-state index in [-0.39, 0.29) is 13.6 Å². The lowest BCUT2D eigenvalue weighted by atomic mass is 9.99. The van der Waals surface area contributed by atoms with Crippen LogP contribution in [-0.2, 0) is 34.7 Å². The van der Waals surface area contributed by atoms with Crippen LogP contribution in [0.2, 0.25) is 0 Å². The number of benzene rings is 4. The summed E-state index contributed by atoms with van der Waals surface area (Å²) in [6.45, 7) is 4.98. The van der Waals surface area contributed by atoms with E-state index < -0.39 is 23.5 Å². The number of hydrogen-bond acceptors (Lipinski definition) is 5. The molecule has 0 aliphatic carbocycles. The summed E-state index contributed by atoms with van der Waals surface area (Å²) in [4.78, 5) is 0. The minimum Gasteiger partial charge on any atom is -0.467 e. The van der Waals surface area contributed by atoms with E-state index in [1.165, 1.54) is 24.3 Å². The fourth-order valence-electron chi connectivity index (χ4n) is 5.10. The zero-order valence-electron chi connectivity index (χ0n) is 27.5. The van der Waals surface area contributed by atoms with E-state index in [0.717, 1.165) is 70.9 Å². The van der Waals surface area contributed by atoms with Gasteiger partial charge in [-0.15, -0.1) is 0 Å². The quantitative estimate of drug-likeness (QED) is 0.0585. The van der Waals surface area contributed by atoms with Crippen LogP contribution in [0, 0.1) is 0 Å². The Balaban J connectivity index is 1.35. The first-order valence-corrected chi connectivity index (χ1v) is 17.2. The zero-order chi connectivity index (χ0) is 35.3. The van der Waals surface area contributed by atoms with Gasteiger partial charge in [0.2, 0.25) is 0 Å². The Kier molecular flexibility index (Phi) is 14.3. The molecule has 0 saturated heterocycles. The van der Waals surface area contributed by atoms with Crippen molar-refractivity contribution in [2.24, 2.45) is 0 Å². The molecule has 0 aliphatic rings. The van der Waals surface area contributed by atoms with E-state index in [4.69, 9.17) is 18.9 Å². The Labute approximate surface area is 287 Å². The standard InChI is InChI=1S/C38H40F6O4S/c1-3-45-25-47-35-19-13-29(27-9-15-33(16-10-27)37(39,40)41)23-31(35)7-5-21-49-22-6-8-32-24-30(14-20-36(32)48-26-46-4-2)28-11-17-34(18-12-28)38(42,43)44/h9-20,23-24H,3-8,21-22,25-26H2,1-2H3. The summed E-state index contributed by atoms with van der Waals surface area (Å²) in [7, 11) is 0. The molecule has 4 nitrogen and oxygen atoms in total. The molecule has 0 heterocycles. The van der Waals surface area contributed by atoms with Gasteiger partial charge in [0, 0.05) is 13.2 Å². The van der Waals surface area contributed by atoms with Gasteiger partial charge in [0.25, 0.3) is 0 Å². The Bertz CT molecular complexity index is 1470. The van der Waals surface area contributed by atoms with Crippen molar-refractivity contribution in [1.82, 2.24) is 0 Å². The molecule has 264 valence electrons. The Morgan fingerprint density at radius 1 is 0.510 bits per heavy atom. The van der Waals surface area contributed by atoms with Gasteiger partial charge in [-0.1, -0.05) is 36.4 Å². The van der Waals surface area contributed by atoms with Gasteiger partial charge in [-0.25, -0.2) is 0 Å². The first-order chi connectivity index (χ1) is 23.5. The monoisotopic (exact) mass is 706 g/mol. The smallest absolute Gasteiger partial charge is 0.416 e. The van der Waals surface area contributed by atoms with E-state index in [1.54, 1.807) is 0 Å². The lowest BCUT2D eigenvalue weighted by Gasteiger charge is -2.15. The molecule has 0 atom stereocenters. The van der Waals surface area contributed by atoms with Crippen molar-refractivity contribution < 1.29 is 45.3 Å². The van der Waals surface area contributed by atoms with E-state index in [1.807, 2.05) is 62.0 Å². The first kappa shape index (κ1) is 38.1. The highest BCUT2D eigenvalue weighted by molar-refractivity contribution is 7.99. The normalized spacial score (nSPS) is 11.9. The molecule has 0 amide bonds. The van der Waals surface area contributed by atoms with Gasteiger partial charge in [-0.05, 0) is 133 Å². The lowest BCUT2D eigenvalue weighted by Crippen LogP contribution is -2.05. The van der Waals surface area contributed by atoms with Gasteiger partial charge in [0.1, 0.15) is 11.5 Å². The molecule has 4 aromatic carbocycles. The maximum atomic E-state index is 13.1. The molecule has 0 spiro atoms. The topological polar surface area (TPSA) is 36.9 Å². The molecule has 0 radical (unpaired) electrons. The van der Waals surface area contributed by atoms with Crippen LogP contribution >= 0.6 is 11.8 Å². The zero-order valence-corrected chi connectivity index (χ0v) is 28.3. The summed E-state index contributed by atoms with van der Waals surface area (Å²) >= 11 is 1.81. The van der Waals surface area contributed by atoms with Crippen molar-refractivity contribution in [3.05, 3.63) is 107 Å². The van der Waals surface area contributed by atoms with Crippen LogP contribution in [0.5, 0.6) is 11.5 Å². The summed E-state index contributed by atoms with van der Waals surface area (Å²) in [5.41, 5.74) is 3.52. The number of thioether (sulfide) groups is 1. The SMILES string of the molecule is CCOCOc1ccc(-c2ccc(C(F)(F)F)cc2)cc1CCCSCCCc1cc(-c2ccc(C(F)(F)F)cc2)ccc1OCOCC. The van der Waals surface area contributed by atoms with Crippen LogP contribution in [0.25, 0.3) is 22.3 Å². The van der Waals surface area contributed by atoms with Gasteiger partial charge in [-0.3, -0.25) is 0 Å². The van der Waals surface area contributed by atoms with Crippen LogP contribution < -0.4 is 9.47 Å². The summed E-state index contributed by atoms with van der Waals surface area (Å²) in [5, 5.41) is 0. The number of hydrogen-bond donors (Lipinski definition) is 0. The van der Waals surface area contributed by atoms with Crippen LogP contribution in [0.4, 0.5) is 26.3 Å². The van der Waals surface area contributed by atoms with Crippen molar-refractivity contribution >= 4 is 11.8 Å². The number of rotatable bonds is 18. The highest BCUT2D eigenvalue weighted by atomic mass is 32.2. The average Bonchev–Trinajstić information content (AvgIpc) is 3.08. The van der Waals surface area contributed by atoms with E-state index >= 15 is 0 Å². The lowest BCUT2D eigenvalue weighted by molar-refractivity contribution is -0.138. The molecular formula is C38H40F6O4S. The third-order valence-corrected chi connectivity index (χ3v) is 8.84. The number of aryl methyl sites for hydroxylation is 2. The molecule has 0 N–H and O–H groups in total. The molecule has 0 aromatic heterocycles. The molecule has 0 unspecified atom stereocenters. The molecule has 0 fully saturated rings. The van der Waals surface area contributed by atoms with E-state index in [2.05, 4.69) is 0 Å². The highest BCUT2D eigenvalue weighted by Crippen LogP contribution is 2.34. The van der Waals surface area contributed by atoms with Gasteiger partial charge in [0.05, 0.1) is 11.1 Å². The molecule has 0 saturated carbocycles. The minimum atomic E-state index is -4.39. The van der Waals surface area contributed by atoms with Crippen LogP contribution in [0.15, 0.2) is 84.9 Å². The van der Waals surface area contributed by atoms with Gasteiger partial charge in [0.15, 0.2) is 13.6 Å². The second-order valence-corrected chi connectivity index (χ2v) is 12.3. The van der Waals surface area contributed by atoms with Crippen molar-refractivity contribution in [2.75, 3.05) is 38.3 Å². The summed E-state index contributed by atoms with van der Waals surface area (Å²) in [6.07, 6.45) is -5.63. The summed E-state index contributed by atoms with van der Waals surface area (Å²) in [6, 6.07) is 21.5. The van der Waals surface area contributed by atoms with Gasteiger partial charge >= 0.3 is 12.4 Å². The number of ether oxygens (including phenoxy) is 4. The van der Waals surface area contributed by atoms with E-state index in [9.17, 15) is 26.3 Å². The number of halogens is 6. The van der Waals surface area contributed by atoms with Crippen LogP contribution in [0.3, 0.4) is 0 Å². The fraction of sp³-hybridized carbons (Fsp3) is 0.368. The van der Waals surface area contributed by atoms with Crippen molar-refractivity contribution in [3.8, 4) is 33.8 Å². The average molecular weight is 707 g/mol. The molecule has 0 aliphatic heterocycles. The predicted octanol–water partition coefficient (Wildman–Crippen LogP) is 11.1. The molecule has 4 aromatic rings. The third-order valence-electron chi connectivity index (χ3n) is 7.69. The molecule has 11 heteroatoms. The molecular weight excluding hydrogens is 666 g/mol.